The summed E-state index contributed by atoms with van der Waals surface area (Å²) in [6, 6.07) is 3.92. The number of rotatable bonds is 9. The minimum Gasteiger partial charge on any atom is -0.465 e. The third-order valence-electron chi connectivity index (χ3n) is 7.47. The standard InChI is InChI=1S/C26H38N4O2S/c1-2-7-21(8-3-1)20-33-26-28-27-25(30(26)19-24-11-6-18-32-24)22-12-15-29(16-13-22)14-4-9-23-10-5-17-31-23/h4-5,9-10,17,21-22,24H,1-3,6-8,11-16,18-20H2/b9-4+. The van der Waals surface area contributed by atoms with Gasteiger partial charge in [0.2, 0.25) is 0 Å². The molecule has 4 heterocycles. The molecule has 0 aromatic carbocycles. The predicted octanol–water partition coefficient (Wildman–Crippen LogP) is 5.62. The summed E-state index contributed by atoms with van der Waals surface area (Å²) in [6.45, 7) is 4.99. The summed E-state index contributed by atoms with van der Waals surface area (Å²) >= 11 is 1.94. The van der Waals surface area contributed by atoms with Gasteiger partial charge in [-0.25, -0.2) is 0 Å². The molecule has 1 unspecified atom stereocenters. The van der Waals surface area contributed by atoms with E-state index in [-0.39, 0.29) is 0 Å². The van der Waals surface area contributed by atoms with Gasteiger partial charge in [0, 0.05) is 24.8 Å². The van der Waals surface area contributed by atoms with Gasteiger partial charge in [-0.2, -0.15) is 0 Å². The van der Waals surface area contributed by atoms with E-state index >= 15 is 0 Å². The second kappa shape index (κ2) is 11.7. The highest BCUT2D eigenvalue weighted by Crippen LogP contribution is 2.33. The van der Waals surface area contributed by atoms with Gasteiger partial charge in [-0.15, -0.1) is 10.2 Å². The minimum atomic E-state index is 0.320. The number of piperidine rings is 1. The number of likely N-dealkylation sites (tertiary alicyclic amines) is 1. The second-order valence-electron chi connectivity index (χ2n) is 9.89. The molecular formula is C26H38N4O2S. The number of ether oxygens (including phenoxy) is 1. The van der Waals surface area contributed by atoms with E-state index in [0.29, 0.717) is 12.0 Å². The van der Waals surface area contributed by atoms with Crippen LogP contribution in [0.1, 0.15) is 75.3 Å². The Kier molecular flexibility index (Phi) is 8.23. The Labute approximate surface area is 202 Å². The first-order valence-electron chi connectivity index (χ1n) is 12.9. The number of furan rings is 1. The molecule has 2 aromatic heterocycles. The van der Waals surface area contributed by atoms with Crippen molar-refractivity contribution in [1.29, 1.82) is 0 Å². The molecule has 2 aromatic rings. The topological polar surface area (TPSA) is 56.3 Å². The molecule has 3 fully saturated rings. The van der Waals surface area contributed by atoms with Crippen LogP contribution in [0, 0.1) is 5.92 Å². The third-order valence-corrected chi connectivity index (χ3v) is 8.67. The molecule has 1 saturated carbocycles. The Balaban J connectivity index is 1.20. The van der Waals surface area contributed by atoms with Crippen molar-refractivity contribution in [2.24, 2.45) is 5.92 Å². The van der Waals surface area contributed by atoms with Crippen molar-refractivity contribution in [1.82, 2.24) is 19.7 Å². The fourth-order valence-corrected chi connectivity index (χ4v) is 6.64. The summed E-state index contributed by atoms with van der Waals surface area (Å²) in [5, 5.41) is 10.6. The molecule has 1 aliphatic carbocycles. The van der Waals surface area contributed by atoms with Crippen LogP contribution in [0.3, 0.4) is 0 Å². The Morgan fingerprint density at radius 2 is 1.91 bits per heavy atom. The lowest BCUT2D eigenvalue weighted by molar-refractivity contribution is 0.0933. The Bertz CT molecular complexity index is 861. The normalized spacial score (nSPS) is 23.7. The maximum Gasteiger partial charge on any atom is 0.191 e. The van der Waals surface area contributed by atoms with Crippen LogP contribution in [0.4, 0.5) is 0 Å². The maximum atomic E-state index is 6.00. The van der Waals surface area contributed by atoms with E-state index in [1.54, 1.807) is 6.26 Å². The van der Waals surface area contributed by atoms with Gasteiger partial charge in [-0.3, -0.25) is 4.90 Å². The quantitative estimate of drug-likeness (QED) is 0.444. The highest BCUT2D eigenvalue weighted by molar-refractivity contribution is 7.99. The van der Waals surface area contributed by atoms with Crippen molar-refractivity contribution in [3.63, 3.8) is 0 Å². The molecule has 33 heavy (non-hydrogen) atoms. The molecule has 180 valence electrons. The number of hydrogen-bond acceptors (Lipinski definition) is 6. The van der Waals surface area contributed by atoms with Crippen LogP contribution in [0.15, 0.2) is 34.0 Å². The highest BCUT2D eigenvalue weighted by Gasteiger charge is 2.28. The number of hydrogen-bond donors (Lipinski definition) is 0. The summed E-state index contributed by atoms with van der Waals surface area (Å²) in [6.07, 6.45) is 17.9. The van der Waals surface area contributed by atoms with Gasteiger partial charge in [0.1, 0.15) is 11.6 Å². The fraction of sp³-hybridized carbons (Fsp3) is 0.692. The van der Waals surface area contributed by atoms with E-state index in [4.69, 9.17) is 19.4 Å². The first-order chi connectivity index (χ1) is 16.3. The molecular weight excluding hydrogens is 432 g/mol. The predicted molar refractivity (Wildman–Crippen MR) is 132 cm³/mol. The zero-order valence-electron chi connectivity index (χ0n) is 19.7. The molecule has 0 bridgehead atoms. The Morgan fingerprint density at radius 1 is 1.03 bits per heavy atom. The molecule has 0 spiro atoms. The van der Waals surface area contributed by atoms with Gasteiger partial charge in [-0.1, -0.05) is 37.1 Å². The largest absolute Gasteiger partial charge is 0.465 e. The summed E-state index contributed by atoms with van der Waals surface area (Å²) in [5.41, 5.74) is 0. The summed E-state index contributed by atoms with van der Waals surface area (Å²) in [5.74, 6) is 4.64. The zero-order valence-corrected chi connectivity index (χ0v) is 20.6. The molecule has 0 radical (unpaired) electrons. The maximum absolute atomic E-state index is 6.00. The van der Waals surface area contributed by atoms with Crippen molar-refractivity contribution < 1.29 is 9.15 Å². The Morgan fingerprint density at radius 3 is 2.67 bits per heavy atom. The van der Waals surface area contributed by atoms with Crippen LogP contribution in [-0.2, 0) is 11.3 Å². The number of nitrogens with zero attached hydrogens (tertiary/aromatic N) is 4. The molecule has 0 N–H and O–H groups in total. The van der Waals surface area contributed by atoms with Crippen LogP contribution in [0.25, 0.3) is 6.08 Å². The van der Waals surface area contributed by atoms with E-state index < -0.39 is 0 Å². The van der Waals surface area contributed by atoms with E-state index in [9.17, 15) is 0 Å². The van der Waals surface area contributed by atoms with E-state index in [0.717, 1.165) is 68.9 Å². The molecule has 2 saturated heterocycles. The minimum absolute atomic E-state index is 0.320. The monoisotopic (exact) mass is 470 g/mol. The van der Waals surface area contributed by atoms with Crippen molar-refractivity contribution >= 4 is 17.8 Å². The first kappa shape index (κ1) is 23.2. The lowest BCUT2D eigenvalue weighted by Crippen LogP contribution is -2.34. The fourth-order valence-electron chi connectivity index (χ4n) is 5.50. The van der Waals surface area contributed by atoms with Crippen LogP contribution >= 0.6 is 11.8 Å². The first-order valence-corrected chi connectivity index (χ1v) is 13.9. The van der Waals surface area contributed by atoms with Crippen LogP contribution < -0.4 is 0 Å². The molecule has 7 heteroatoms. The average Bonchev–Trinajstić information content (AvgIpc) is 3.63. The number of aromatic nitrogens is 3. The van der Waals surface area contributed by atoms with Gasteiger partial charge < -0.3 is 13.7 Å². The van der Waals surface area contributed by atoms with E-state index in [2.05, 4.69) is 21.6 Å². The summed E-state index contributed by atoms with van der Waals surface area (Å²) in [4.78, 5) is 2.52. The van der Waals surface area contributed by atoms with Crippen LogP contribution in [0.2, 0.25) is 0 Å². The van der Waals surface area contributed by atoms with Crippen LogP contribution in [-0.4, -0.2) is 57.8 Å². The van der Waals surface area contributed by atoms with Gasteiger partial charge in [0.05, 0.1) is 18.9 Å². The molecule has 3 aliphatic rings. The molecule has 6 nitrogen and oxygen atoms in total. The van der Waals surface area contributed by atoms with E-state index in [1.807, 2.05) is 23.9 Å². The van der Waals surface area contributed by atoms with E-state index in [1.165, 1.54) is 50.1 Å². The number of thioether (sulfide) groups is 1. The lowest BCUT2D eigenvalue weighted by Gasteiger charge is -2.31. The molecule has 2 aliphatic heterocycles. The zero-order chi connectivity index (χ0) is 22.3. The summed E-state index contributed by atoms with van der Waals surface area (Å²) in [7, 11) is 0. The van der Waals surface area contributed by atoms with Gasteiger partial charge in [0.15, 0.2) is 5.16 Å². The third kappa shape index (κ3) is 6.31. The molecule has 1 atom stereocenters. The van der Waals surface area contributed by atoms with Gasteiger partial charge in [-0.05, 0) is 75.7 Å². The second-order valence-corrected chi connectivity index (χ2v) is 10.9. The summed E-state index contributed by atoms with van der Waals surface area (Å²) < 4.78 is 13.8. The SMILES string of the molecule is C(=C\c1ccco1)/CN1CCC(c2nnc(SCC3CCCCC3)n2CC2CCCO2)CC1. The van der Waals surface area contributed by atoms with Crippen molar-refractivity contribution in [2.45, 2.75) is 81.5 Å². The lowest BCUT2D eigenvalue weighted by atomic mass is 9.91. The highest BCUT2D eigenvalue weighted by atomic mass is 32.2. The van der Waals surface area contributed by atoms with Crippen molar-refractivity contribution in [3.05, 3.63) is 36.1 Å². The Hall–Kier alpha value is -1.57. The van der Waals surface area contributed by atoms with Gasteiger partial charge >= 0.3 is 0 Å². The van der Waals surface area contributed by atoms with Gasteiger partial charge in [0.25, 0.3) is 0 Å². The molecule has 0 amide bonds. The molecule has 5 rings (SSSR count). The van der Waals surface area contributed by atoms with Crippen molar-refractivity contribution in [2.75, 3.05) is 32.0 Å². The average molecular weight is 471 g/mol. The smallest absolute Gasteiger partial charge is 0.191 e. The van der Waals surface area contributed by atoms with Crippen molar-refractivity contribution in [3.8, 4) is 0 Å². The van der Waals surface area contributed by atoms with Crippen LogP contribution in [0.5, 0.6) is 0 Å².